The Hall–Kier alpha value is -2.24. The Balaban J connectivity index is 1.89. The average molecular weight is 375 g/mol. The zero-order valence-electron chi connectivity index (χ0n) is 13.8. The second-order valence-corrected chi connectivity index (χ2v) is 6.81. The molecule has 2 aromatic rings. The van der Waals surface area contributed by atoms with Crippen LogP contribution in [0.1, 0.15) is 12.5 Å². The third-order valence-corrected chi connectivity index (χ3v) is 4.40. The first-order chi connectivity index (χ1) is 12.0. The molecule has 0 unspecified atom stereocenters. The molecule has 0 saturated heterocycles. The molecule has 6 heteroatoms. The number of carbonyl (C=O) groups excluding carboxylic acids is 2. The Morgan fingerprint density at radius 2 is 1.76 bits per heavy atom. The van der Waals surface area contributed by atoms with Crippen LogP contribution >= 0.6 is 23.4 Å². The summed E-state index contributed by atoms with van der Waals surface area (Å²) in [5.74, 6) is 0.120. The summed E-state index contributed by atoms with van der Waals surface area (Å²) >= 11 is 7.47. The molecule has 0 heterocycles. The summed E-state index contributed by atoms with van der Waals surface area (Å²) in [5, 5.41) is 6.10. The van der Waals surface area contributed by atoms with E-state index in [-0.39, 0.29) is 17.5 Å². The van der Waals surface area contributed by atoms with E-state index in [1.165, 1.54) is 6.92 Å². The van der Waals surface area contributed by atoms with Crippen molar-refractivity contribution in [3.05, 3.63) is 70.9 Å². The van der Waals surface area contributed by atoms with E-state index in [0.29, 0.717) is 17.3 Å². The molecule has 0 aromatic heterocycles. The summed E-state index contributed by atoms with van der Waals surface area (Å²) in [7, 11) is 0. The van der Waals surface area contributed by atoms with Crippen molar-refractivity contribution in [2.24, 2.45) is 0 Å². The van der Waals surface area contributed by atoms with Gasteiger partial charge in [0.15, 0.2) is 0 Å². The molecule has 2 aromatic carbocycles. The number of nitrogens with one attached hydrogen (secondary N) is 2. The molecule has 2 rings (SSSR count). The molecule has 0 saturated carbocycles. The zero-order valence-corrected chi connectivity index (χ0v) is 15.4. The van der Waals surface area contributed by atoms with Crippen LogP contribution in [0.4, 0.5) is 0 Å². The van der Waals surface area contributed by atoms with Gasteiger partial charge < -0.3 is 10.6 Å². The summed E-state index contributed by atoms with van der Waals surface area (Å²) in [6.07, 6.45) is 1.66. The molecule has 25 heavy (non-hydrogen) atoms. The van der Waals surface area contributed by atoms with Gasteiger partial charge in [0.05, 0.1) is 0 Å². The maximum atomic E-state index is 12.3. The normalized spacial score (nSPS) is 11.0. The highest BCUT2D eigenvalue weighted by atomic mass is 35.5. The van der Waals surface area contributed by atoms with Crippen molar-refractivity contribution in [3.63, 3.8) is 0 Å². The highest BCUT2D eigenvalue weighted by Gasteiger charge is 2.10. The molecule has 2 amide bonds. The van der Waals surface area contributed by atoms with Crippen LogP contribution in [-0.2, 0) is 9.59 Å². The third kappa shape index (κ3) is 7.03. The maximum Gasteiger partial charge on any atom is 0.267 e. The van der Waals surface area contributed by atoms with E-state index < -0.39 is 0 Å². The van der Waals surface area contributed by atoms with Gasteiger partial charge in [-0.15, -0.1) is 11.8 Å². The number of benzene rings is 2. The smallest absolute Gasteiger partial charge is 0.267 e. The van der Waals surface area contributed by atoms with Crippen molar-refractivity contribution in [3.8, 4) is 0 Å². The molecule has 0 bridgehead atoms. The van der Waals surface area contributed by atoms with Crippen molar-refractivity contribution in [2.45, 2.75) is 11.8 Å². The monoisotopic (exact) mass is 374 g/mol. The Bertz CT molecular complexity index is 746. The minimum atomic E-state index is -0.309. The largest absolute Gasteiger partial charge is 0.350 e. The topological polar surface area (TPSA) is 58.2 Å². The van der Waals surface area contributed by atoms with Crippen LogP contribution in [-0.4, -0.2) is 24.1 Å². The lowest BCUT2D eigenvalue weighted by atomic mass is 10.2. The van der Waals surface area contributed by atoms with Crippen molar-refractivity contribution >= 4 is 41.3 Å². The molecule has 0 radical (unpaired) electrons. The van der Waals surface area contributed by atoms with E-state index in [1.54, 1.807) is 17.8 Å². The molecule has 4 nitrogen and oxygen atoms in total. The van der Waals surface area contributed by atoms with E-state index in [4.69, 9.17) is 11.6 Å². The highest BCUT2D eigenvalue weighted by Crippen LogP contribution is 2.19. The molecular weight excluding hydrogens is 356 g/mol. The number of carbonyl (C=O) groups is 2. The van der Waals surface area contributed by atoms with Crippen LogP contribution in [0.25, 0.3) is 6.08 Å². The minimum absolute atomic E-state index is 0.232. The first kappa shape index (κ1) is 19.1. The number of rotatable bonds is 7. The van der Waals surface area contributed by atoms with Crippen molar-refractivity contribution in [1.82, 2.24) is 10.6 Å². The minimum Gasteiger partial charge on any atom is -0.350 e. The first-order valence-corrected chi connectivity index (χ1v) is 9.12. The summed E-state index contributed by atoms with van der Waals surface area (Å²) in [6.45, 7) is 1.86. The van der Waals surface area contributed by atoms with Gasteiger partial charge in [-0.3, -0.25) is 9.59 Å². The lowest BCUT2D eigenvalue weighted by Crippen LogP contribution is -2.34. The fraction of sp³-hybridized carbons (Fsp3) is 0.158. The lowest BCUT2D eigenvalue weighted by Gasteiger charge is -2.10. The summed E-state index contributed by atoms with van der Waals surface area (Å²) in [6, 6.07) is 16.9. The number of thioether (sulfide) groups is 1. The van der Waals surface area contributed by atoms with Crippen LogP contribution in [0.2, 0.25) is 5.02 Å². The highest BCUT2D eigenvalue weighted by molar-refractivity contribution is 7.99. The Labute approximate surface area is 156 Å². The predicted molar refractivity (Wildman–Crippen MR) is 103 cm³/mol. The number of amides is 2. The summed E-state index contributed by atoms with van der Waals surface area (Å²) < 4.78 is 0. The average Bonchev–Trinajstić information content (AvgIpc) is 2.60. The van der Waals surface area contributed by atoms with E-state index in [1.807, 2.05) is 54.6 Å². The standard InChI is InChI=1S/C19H19ClN2O2S/c1-14(23)22-18(13-15-5-3-2-4-6-15)19(24)21-11-12-25-17-9-7-16(20)8-10-17/h2-10,13H,11-12H2,1H3,(H,21,24)(H,22,23)/b18-13-. The Kier molecular flexibility index (Phi) is 7.57. The van der Waals surface area contributed by atoms with E-state index in [2.05, 4.69) is 10.6 Å². The van der Waals surface area contributed by atoms with Crippen molar-refractivity contribution < 1.29 is 9.59 Å². The van der Waals surface area contributed by atoms with Gasteiger partial charge in [0.2, 0.25) is 5.91 Å². The fourth-order valence-electron chi connectivity index (χ4n) is 2.02. The quantitative estimate of drug-likeness (QED) is 0.441. The van der Waals surface area contributed by atoms with Crippen LogP contribution in [0.15, 0.2) is 65.2 Å². The van der Waals surface area contributed by atoms with E-state index in [0.717, 1.165) is 10.5 Å². The molecule has 0 atom stereocenters. The molecule has 130 valence electrons. The third-order valence-electron chi connectivity index (χ3n) is 3.14. The van der Waals surface area contributed by atoms with Gasteiger partial charge in [-0.1, -0.05) is 41.9 Å². The molecule has 0 aliphatic carbocycles. The fourth-order valence-corrected chi connectivity index (χ4v) is 2.92. The summed E-state index contributed by atoms with van der Waals surface area (Å²) in [4.78, 5) is 24.7. The molecule has 0 spiro atoms. The lowest BCUT2D eigenvalue weighted by molar-refractivity contribution is -0.122. The SMILES string of the molecule is CC(=O)N/C(=C\c1ccccc1)C(=O)NCCSc1ccc(Cl)cc1. The molecular formula is C19H19ClN2O2S. The van der Waals surface area contributed by atoms with Crippen molar-refractivity contribution in [1.29, 1.82) is 0 Å². The van der Waals surface area contributed by atoms with E-state index >= 15 is 0 Å². The number of hydrogen-bond donors (Lipinski definition) is 2. The van der Waals surface area contributed by atoms with Gasteiger partial charge in [-0.05, 0) is 35.9 Å². The Morgan fingerprint density at radius 3 is 2.40 bits per heavy atom. The predicted octanol–water partition coefficient (Wildman–Crippen LogP) is 3.73. The summed E-state index contributed by atoms with van der Waals surface area (Å²) in [5.41, 5.74) is 1.08. The van der Waals surface area contributed by atoms with E-state index in [9.17, 15) is 9.59 Å². The van der Waals surface area contributed by atoms with Gasteiger partial charge in [0.25, 0.3) is 5.91 Å². The van der Waals surface area contributed by atoms with Crippen LogP contribution in [0, 0.1) is 0 Å². The van der Waals surface area contributed by atoms with Gasteiger partial charge in [-0.25, -0.2) is 0 Å². The van der Waals surface area contributed by atoms with Crippen molar-refractivity contribution in [2.75, 3.05) is 12.3 Å². The first-order valence-electron chi connectivity index (χ1n) is 7.75. The second kappa shape index (κ2) is 9.91. The number of hydrogen-bond acceptors (Lipinski definition) is 3. The maximum absolute atomic E-state index is 12.3. The second-order valence-electron chi connectivity index (χ2n) is 5.21. The van der Waals surface area contributed by atoms with Gasteiger partial charge in [0, 0.05) is 29.1 Å². The Morgan fingerprint density at radius 1 is 1.08 bits per heavy atom. The van der Waals surface area contributed by atoms with Gasteiger partial charge in [-0.2, -0.15) is 0 Å². The molecule has 0 fully saturated rings. The number of halogens is 1. The zero-order chi connectivity index (χ0) is 18.1. The van der Waals surface area contributed by atoms with Crippen LogP contribution < -0.4 is 10.6 Å². The van der Waals surface area contributed by atoms with Crippen LogP contribution in [0.3, 0.4) is 0 Å². The van der Waals surface area contributed by atoms with Gasteiger partial charge >= 0.3 is 0 Å². The van der Waals surface area contributed by atoms with Crippen LogP contribution in [0.5, 0.6) is 0 Å². The molecule has 0 aliphatic heterocycles. The molecule has 2 N–H and O–H groups in total. The van der Waals surface area contributed by atoms with Gasteiger partial charge in [0.1, 0.15) is 5.70 Å². The molecule has 0 aliphatic rings.